The van der Waals surface area contributed by atoms with E-state index in [0.29, 0.717) is 34.7 Å². The minimum atomic E-state index is 0.316. The van der Waals surface area contributed by atoms with E-state index in [0.717, 1.165) is 37.3 Å². The Hall–Kier alpha value is -2.26. The number of para-hydroxylation sites is 2. The summed E-state index contributed by atoms with van der Waals surface area (Å²) in [6.07, 6.45) is 2.20. The third kappa shape index (κ3) is 4.45. The average molecular weight is 486 g/mol. The van der Waals surface area contributed by atoms with Crippen LogP contribution >= 0.6 is 35.2 Å². The van der Waals surface area contributed by atoms with E-state index in [1.807, 2.05) is 51.9 Å². The second-order valence-electron chi connectivity index (χ2n) is 8.03. The molecule has 0 unspecified atom stereocenters. The lowest BCUT2D eigenvalue weighted by molar-refractivity contribution is 0.159. The van der Waals surface area contributed by atoms with Crippen molar-refractivity contribution in [3.8, 4) is 5.75 Å². The van der Waals surface area contributed by atoms with E-state index in [2.05, 4.69) is 29.2 Å². The highest BCUT2D eigenvalue weighted by molar-refractivity contribution is 7.71. The SMILES string of the molecule is Cn1c(COc2ccccc2Cl)nn(CN2CCC(c3nc4ccccc4s3)CC2)c1=S. The van der Waals surface area contributed by atoms with Crippen molar-refractivity contribution in [2.24, 2.45) is 7.05 Å². The molecule has 0 spiro atoms. The fraction of sp³-hybridized carbons (Fsp3) is 0.348. The molecular formula is C23H24ClN5OS2. The Bertz CT molecular complexity index is 1260. The summed E-state index contributed by atoms with van der Waals surface area (Å²) in [6, 6.07) is 15.8. The van der Waals surface area contributed by atoms with E-state index in [-0.39, 0.29) is 0 Å². The number of rotatable bonds is 6. The molecule has 4 aromatic rings. The van der Waals surface area contributed by atoms with Crippen molar-refractivity contribution in [1.82, 2.24) is 24.2 Å². The smallest absolute Gasteiger partial charge is 0.198 e. The van der Waals surface area contributed by atoms with Crippen LogP contribution < -0.4 is 4.74 Å². The highest BCUT2D eigenvalue weighted by Gasteiger charge is 2.24. The number of piperidine rings is 1. The topological polar surface area (TPSA) is 48.1 Å². The number of likely N-dealkylation sites (tertiary alicyclic amines) is 1. The molecule has 32 heavy (non-hydrogen) atoms. The van der Waals surface area contributed by atoms with Crippen LogP contribution in [0.1, 0.15) is 29.6 Å². The summed E-state index contributed by atoms with van der Waals surface area (Å²) in [5.74, 6) is 1.95. The predicted octanol–water partition coefficient (Wildman–Crippen LogP) is 5.63. The molecule has 9 heteroatoms. The van der Waals surface area contributed by atoms with Crippen LogP contribution in [0.5, 0.6) is 5.75 Å². The van der Waals surface area contributed by atoms with Gasteiger partial charge in [-0.1, -0.05) is 35.9 Å². The van der Waals surface area contributed by atoms with E-state index in [4.69, 9.17) is 38.6 Å². The zero-order valence-electron chi connectivity index (χ0n) is 17.8. The minimum Gasteiger partial charge on any atom is -0.484 e. The molecule has 0 atom stereocenters. The summed E-state index contributed by atoms with van der Waals surface area (Å²) >= 11 is 13.6. The van der Waals surface area contributed by atoms with Crippen LogP contribution in [0.2, 0.25) is 5.02 Å². The molecule has 1 aliphatic rings. The number of halogens is 1. The number of thiazole rings is 1. The van der Waals surface area contributed by atoms with Crippen LogP contribution in [0.3, 0.4) is 0 Å². The summed E-state index contributed by atoms with van der Waals surface area (Å²) < 4.78 is 11.6. The standard InChI is InChI=1S/C23H24ClN5OS2/c1-27-21(14-30-19-8-4-2-6-17(19)24)26-29(23(27)31)15-28-12-10-16(11-13-28)22-25-18-7-3-5-9-20(18)32-22/h2-9,16H,10-15H2,1H3. The molecule has 6 nitrogen and oxygen atoms in total. The van der Waals surface area contributed by atoms with Crippen LogP contribution in [0.15, 0.2) is 48.5 Å². The second kappa shape index (κ2) is 9.31. The maximum Gasteiger partial charge on any atom is 0.198 e. The number of hydrogen-bond acceptors (Lipinski definition) is 6. The molecule has 2 aromatic heterocycles. The molecule has 0 radical (unpaired) electrons. The van der Waals surface area contributed by atoms with Crippen molar-refractivity contribution in [2.75, 3.05) is 13.1 Å². The third-order valence-electron chi connectivity index (χ3n) is 5.91. The summed E-state index contributed by atoms with van der Waals surface area (Å²) in [5, 5.41) is 6.56. The van der Waals surface area contributed by atoms with Gasteiger partial charge in [-0.3, -0.25) is 4.90 Å². The first-order chi connectivity index (χ1) is 15.6. The molecule has 0 bridgehead atoms. The lowest BCUT2D eigenvalue weighted by Crippen LogP contribution is -2.34. The lowest BCUT2D eigenvalue weighted by Gasteiger charge is -2.30. The van der Waals surface area contributed by atoms with Crippen LogP contribution in [0.25, 0.3) is 10.2 Å². The van der Waals surface area contributed by atoms with Crippen LogP contribution in [0.4, 0.5) is 0 Å². The van der Waals surface area contributed by atoms with E-state index in [1.165, 1.54) is 9.71 Å². The number of hydrogen-bond donors (Lipinski definition) is 0. The molecule has 1 fully saturated rings. The van der Waals surface area contributed by atoms with Crippen molar-refractivity contribution in [2.45, 2.75) is 32.0 Å². The van der Waals surface area contributed by atoms with Gasteiger partial charge in [0.25, 0.3) is 0 Å². The summed E-state index contributed by atoms with van der Waals surface area (Å²) in [6.45, 7) is 3.01. The van der Waals surface area contributed by atoms with Crippen LogP contribution in [-0.2, 0) is 20.3 Å². The Morgan fingerprint density at radius 1 is 1.12 bits per heavy atom. The van der Waals surface area contributed by atoms with Crippen molar-refractivity contribution in [3.63, 3.8) is 0 Å². The highest BCUT2D eigenvalue weighted by Crippen LogP contribution is 2.34. The maximum absolute atomic E-state index is 6.19. The summed E-state index contributed by atoms with van der Waals surface area (Å²) in [4.78, 5) is 7.27. The van der Waals surface area contributed by atoms with E-state index >= 15 is 0 Å². The van der Waals surface area contributed by atoms with Gasteiger partial charge in [0, 0.05) is 26.1 Å². The fourth-order valence-electron chi connectivity index (χ4n) is 4.03. The van der Waals surface area contributed by atoms with E-state index < -0.39 is 0 Å². The molecule has 2 aromatic carbocycles. The maximum atomic E-state index is 6.19. The van der Waals surface area contributed by atoms with E-state index in [9.17, 15) is 0 Å². The third-order valence-corrected chi connectivity index (χ3v) is 7.90. The Kier molecular flexibility index (Phi) is 6.28. The summed E-state index contributed by atoms with van der Waals surface area (Å²) in [5.41, 5.74) is 1.11. The molecule has 166 valence electrons. The van der Waals surface area contributed by atoms with Gasteiger partial charge < -0.3 is 9.30 Å². The Balaban J connectivity index is 1.21. The van der Waals surface area contributed by atoms with Gasteiger partial charge in [0.05, 0.1) is 26.9 Å². The molecular weight excluding hydrogens is 462 g/mol. The Morgan fingerprint density at radius 3 is 2.66 bits per heavy atom. The van der Waals surface area contributed by atoms with Crippen LogP contribution in [0, 0.1) is 4.77 Å². The number of aromatic nitrogens is 4. The Morgan fingerprint density at radius 2 is 1.88 bits per heavy atom. The normalized spacial score (nSPS) is 15.4. The van der Waals surface area contributed by atoms with Gasteiger partial charge in [-0.05, 0) is 49.3 Å². The Labute approximate surface area is 201 Å². The average Bonchev–Trinajstić information content (AvgIpc) is 3.36. The van der Waals surface area contributed by atoms with Crippen molar-refractivity contribution in [3.05, 3.63) is 69.2 Å². The largest absolute Gasteiger partial charge is 0.484 e. The molecule has 0 N–H and O–H groups in total. The molecule has 1 aliphatic heterocycles. The minimum absolute atomic E-state index is 0.316. The number of ether oxygens (including phenoxy) is 1. The molecule has 0 aliphatic carbocycles. The number of benzene rings is 2. The molecule has 3 heterocycles. The van der Waals surface area contributed by atoms with Crippen LogP contribution in [-0.4, -0.2) is 37.3 Å². The summed E-state index contributed by atoms with van der Waals surface area (Å²) in [7, 11) is 1.93. The molecule has 5 rings (SSSR count). The van der Waals surface area contributed by atoms with Gasteiger partial charge in [-0.25, -0.2) is 9.67 Å². The fourth-order valence-corrected chi connectivity index (χ4v) is 5.56. The van der Waals surface area contributed by atoms with Gasteiger partial charge >= 0.3 is 0 Å². The van der Waals surface area contributed by atoms with Crippen molar-refractivity contribution < 1.29 is 4.74 Å². The van der Waals surface area contributed by atoms with Gasteiger partial charge in [0.2, 0.25) is 0 Å². The zero-order valence-corrected chi connectivity index (χ0v) is 20.2. The van der Waals surface area contributed by atoms with Gasteiger partial charge in [0.1, 0.15) is 12.4 Å². The molecule has 1 saturated heterocycles. The highest BCUT2D eigenvalue weighted by atomic mass is 35.5. The molecule has 0 amide bonds. The first-order valence-corrected chi connectivity index (χ1v) is 12.3. The number of fused-ring (bicyclic) bond motifs is 1. The van der Waals surface area contributed by atoms with Gasteiger partial charge in [-0.2, -0.15) is 5.10 Å². The van der Waals surface area contributed by atoms with Crippen molar-refractivity contribution >= 4 is 45.4 Å². The van der Waals surface area contributed by atoms with Gasteiger partial charge in [0.15, 0.2) is 10.6 Å². The lowest BCUT2D eigenvalue weighted by atomic mass is 9.98. The first-order valence-electron chi connectivity index (χ1n) is 10.7. The van der Waals surface area contributed by atoms with E-state index in [1.54, 1.807) is 0 Å². The monoisotopic (exact) mass is 485 g/mol. The van der Waals surface area contributed by atoms with Gasteiger partial charge in [-0.15, -0.1) is 11.3 Å². The first kappa shape index (κ1) is 21.6. The zero-order chi connectivity index (χ0) is 22.1. The van der Waals surface area contributed by atoms with Crippen molar-refractivity contribution in [1.29, 1.82) is 0 Å². The quantitative estimate of drug-likeness (QED) is 0.331. The predicted molar refractivity (Wildman–Crippen MR) is 131 cm³/mol. The number of nitrogens with zero attached hydrogens (tertiary/aromatic N) is 5. The molecule has 0 saturated carbocycles. The second-order valence-corrected chi connectivity index (χ2v) is 9.86.